The molecule has 0 spiro atoms. The van der Waals surface area contributed by atoms with E-state index in [0.29, 0.717) is 17.2 Å². The minimum Gasteiger partial charge on any atom is -0.497 e. The first-order valence-corrected chi connectivity index (χ1v) is 12.1. The van der Waals surface area contributed by atoms with Gasteiger partial charge in [-0.1, -0.05) is 31.6 Å². The lowest BCUT2D eigenvalue weighted by atomic mass is 9.99. The van der Waals surface area contributed by atoms with Crippen LogP contribution in [-0.2, 0) is 14.8 Å². The lowest BCUT2D eigenvalue weighted by Gasteiger charge is -2.22. The van der Waals surface area contributed by atoms with E-state index >= 15 is 0 Å². The predicted molar refractivity (Wildman–Crippen MR) is 120 cm³/mol. The largest absolute Gasteiger partial charge is 0.497 e. The third-order valence-corrected chi connectivity index (χ3v) is 7.24. The van der Waals surface area contributed by atoms with Crippen LogP contribution in [-0.4, -0.2) is 37.7 Å². The summed E-state index contributed by atoms with van der Waals surface area (Å²) < 4.78 is 46.2. The number of nitrogens with one attached hydrogen (secondary N) is 2. The van der Waals surface area contributed by atoms with Gasteiger partial charge < -0.3 is 4.74 Å². The summed E-state index contributed by atoms with van der Waals surface area (Å²) in [4.78, 5) is 12.8. The Morgan fingerprint density at radius 1 is 1.12 bits per heavy atom. The molecule has 0 fully saturated rings. The maximum atomic E-state index is 13.2. The summed E-state index contributed by atoms with van der Waals surface area (Å²) in [7, 11) is -2.46. The number of ether oxygens (including phenoxy) is 1. The Morgan fingerprint density at radius 3 is 2.38 bits per heavy atom. The Hall–Kier alpha value is -2.89. The molecular formula is C21H23FN4O4S2. The summed E-state index contributed by atoms with van der Waals surface area (Å²) in [5.74, 6) is -0.706. The van der Waals surface area contributed by atoms with Gasteiger partial charge in [-0.3, -0.25) is 10.1 Å². The van der Waals surface area contributed by atoms with Crippen LogP contribution in [0.2, 0.25) is 0 Å². The minimum absolute atomic E-state index is 0.127. The first-order chi connectivity index (χ1) is 15.2. The van der Waals surface area contributed by atoms with E-state index in [-0.39, 0.29) is 15.9 Å². The van der Waals surface area contributed by atoms with Crippen LogP contribution in [0.5, 0.6) is 5.75 Å². The third kappa shape index (κ3) is 5.67. The van der Waals surface area contributed by atoms with E-state index in [9.17, 15) is 17.6 Å². The Kier molecular flexibility index (Phi) is 7.54. The molecule has 8 nitrogen and oxygen atoms in total. The number of benzene rings is 2. The van der Waals surface area contributed by atoms with Crippen molar-refractivity contribution in [3.05, 3.63) is 54.3 Å². The maximum absolute atomic E-state index is 13.2. The number of hydrogen-bond acceptors (Lipinski definition) is 7. The summed E-state index contributed by atoms with van der Waals surface area (Å²) >= 11 is 1.17. The minimum atomic E-state index is -4.04. The summed E-state index contributed by atoms with van der Waals surface area (Å²) in [5, 5.41) is 11.6. The second kappa shape index (κ2) is 10.2. The molecule has 1 heterocycles. The molecule has 32 heavy (non-hydrogen) atoms. The molecule has 170 valence electrons. The topological polar surface area (TPSA) is 110 Å². The summed E-state index contributed by atoms with van der Waals surface area (Å²) in [6.45, 7) is 3.62. The molecule has 2 aromatic carbocycles. The Labute approximate surface area is 189 Å². The monoisotopic (exact) mass is 478 g/mol. The van der Waals surface area contributed by atoms with E-state index in [1.807, 2.05) is 19.1 Å². The van der Waals surface area contributed by atoms with Crippen LogP contribution < -0.4 is 14.8 Å². The van der Waals surface area contributed by atoms with Gasteiger partial charge in [0.15, 0.2) is 0 Å². The number of rotatable bonds is 9. The SMILES string of the molecule is CCC(C)C(NS(=O)(=O)c1ccc(F)cc1)C(=O)Nc1nnc(-c2ccc(OC)cc2)s1. The number of nitrogens with zero attached hydrogens (tertiary/aromatic N) is 2. The molecule has 2 unspecified atom stereocenters. The van der Waals surface area contributed by atoms with Crippen LogP contribution in [0.4, 0.5) is 9.52 Å². The molecule has 0 aliphatic heterocycles. The molecule has 1 aromatic heterocycles. The van der Waals surface area contributed by atoms with Crippen LogP contribution in [0.3, 0.4) is 0 Å². The lowest BCUT2D eigenvalue weighted by Crippen LogP contribution is -2.47. The van der Waals surface area contributed by atoms with Gasteiger partial charge in [0.25, 0.3) is 0 Å². The molecule has 1 amide bonds. The second-order valence-electron chi connectivity index (χ2n) is 7.07. The first kappa shape index (κ1) is 23.8. The van der Waals surface area contributed by atoms with Gasteiger partial charge in [0, 0.05) is 5.56 Å². The zero-order valence-corrected chi connectivity index (χ0v) is 19.3. The molecule has 11 heteroatoms. The number of hydrogen-bond donors (Lipinski definition) is 2. The number of carbonyl (C=O) groups is 1. The molecule has 0 radical (unpaired) electrons. The van der Waals surface area contributed by atoms with Crippen molar-refractivity contribution in [3.8, 4) is 16.3 Å². The highest BCUT2D eigenvalue weighted by molar-refractivity contribution is 7.89. The number of halogens is 1. The Morgan fingerprint density at radius 2 is 1.78 bits per heavy atom. The molecule has 2 N–H and O–H groups in total. The van der Waals surface area contributed by atoms with Crippen LogP contribution in [0.25, 0.3) is 10.6 Å². The van der Waals surface area contributed by atoms with Crippen LogP contribution in [0.15, 0.2) is 53.4 Å². The Balaban J connectivity index is 1.76. The summed E-state index contributed by atoms with van der Waals surface area (Å²) in [6, 6.07) is 10.6. The van der Waals surface area contributed by atoms with Gasteiger partial charge in [-0.25, -0.2) is 12.8 Å². The number of methoxy groups -OCH3 is 1. The normalized spacial score (nSPS) is 13.4. The fourth-order valence-corrected chi connectivity index (χ4v) is 4.88. The van der Waals surface area contributed by atoms with Crippen molar-refractivity contribution in [2.24, 2.45) is 5.92 Å². The van der Waals surface area contributed by atoms with Gasteiger partial charge in [0.2, 0.25) is 21.1 Å². The van der Waals surface area contributed by atoms with Crippen molar-refractivity contribution < 1.29 is 22.3 Å². The number of amides is 1. The predicted octanol–water partition coefficient (Wildman–Crippen LogP) is 3.68. The average molecular weight is 479 g/mol. The van der Waals surface area contributed by atoms with E-state index in [1.165, 1.54) is 11.3 Å². The van der Waals surface area contributed by atoms with Gasteiger partial charge in [-0.15, -0.1) is 10.2 Å². The average Bonchev–Trinajstić information content (AvgIpc) is 3.25. The van der Waals surface area contributed by atoms with E-state index in [1.54, 1.807) is 26.2 Å². The first-order valence-electron chi connectivity index (χ1n) is 9.80. The van der Waals surface area contributed by atoms with E-state index in [4.69, 9.17) is 4.74 Å². The fourth-order valence-electron chi connectivity index (χ4n) is 2.82. The number of sulfonamides is 1. The quantitative estimate of drug-likeness (QED) is 0.485. The molecule has 0 aliphatic rings. The zero-order chi connectivity index (χ0) is 23.3. The highest BCUT2D eigenvalue weighted by Crippen LogP contribution is 2.28. The molecule has 0 saturated heterocycles. The summed E-state index contributed by atoms with van der Waals surface area (Å²) in [6.07, 6.45) is 0.553. The molecule has 0 aliphatic carbocycles. The van der Waals surface area contributed by atoms with Gasteiger partial charge in [0.05, 0.1) is 12.0 Å². The lowest BCUT2D eigenvalue weighted by molar-refractivity contribution is -0.118. The van der Waals surface area contributed by atoms with Crippen molar-refractivity contribution in [2.45, 2.75) is 31.2 Å². The van der Waals surface area contributed by atoms with Crippen LogP contribution in [0, 0.1) is 11.7 Å². The molecule has 0 bridgehead atoms. The van der Waals surface area contributed by atoms with Crippen molar-refractivity contribution in [1.29, 1.82) is 0 Å². The van der Waals surface area contributed by atoms with E-state index < -0.39 is 27.8 Å². The Bertz CT molecular complexity index is 1170. The van der Waals surface area contributed by atoms with Crippen molar-refractivity contribution in [3.63, 3.8) is 0 Å². The smallest absolute Gasteiger partial charge is 0.244 e. The zero-order valence-electron chi connectivity index (χ0n) is 17.7. The molecule has 3 aromatic rings. The molecule has 2 atom stereocenters. The van der Waals surface area contributed by atoms with Gasteiger partial charge >= 0.3 is 0 Å². The van der Waals surface area contributed by atoms with Crippen LogP contribution >= 0.6 is 11.3 Å². The van der Waals surface area contributed by atoms with E-state index in [0.717, 1.165) is 29.8 Å². The standard InChI is InChI=1S/C21H23FN4O4S2/c1-4-13(2)18(26-32(28,29)17-11-7-15(22)8-12-17)19(27)23-21-25-24-20(31-21)14-5-9-16(30-3)10-6-14/h5-13,18,26H,4H2,1-3H3,(H,23,25,27). The van der Waals surface area contributed by atoms with Gasteiger partial charge in [-0.2, -0.15) is 4.72 Å². The maximum Gasteiger partial charge on any atom is 0.244 e. The summed E-state index contributed by atoms with van der Waals surface area (Å²) in [5.41, 5.74) is 0.805. The number of anilines is 1. The second-order valence-corrected chi connectivity index (χ2v) is 9.76. The van der Waals surface area contributed by atoms with Crippen molar-refractivity contribution >= 4 is 32.4 Å². The molecular weight excluding hydrogens is 455 g/mol. The van der Waals surface area contributed by atoms with Crippen molar-refractivity contribution in [1.82, 2.24) is 14.9 Å². The van der Waals surface area contributed by atoms with Crippen LogP contribution in [0.1, 0.15) is 20.3 Å². The molecule has 0 saturated carbocycles. The highest BCUT2D eigenvalue weighted by Gasteiger charge is 2.30. The van der Waals surface area contributed by atoms with Crippen molar-refractivity contribution in [2.75, 3.05) is 12.4 Å². The van der Waals surface area contributed by atoms with Gasteiger partial charge in [0.1, 0.15) is 22.6 Å². The highest BCUT2D eigenvalue weighted by atomic mass is 32.2. The number of aromatic nitrogens is 2. The van der Waals surface area contributed by atoms with E-state index in [2.05, 4.69) is 20.2 Å². The number of carbonyl (C=O) groups excluding carboxylic acids is 1. The molecule has 3 rings (SSSR count). The van der Waals surface area contributed by atoms with Gasteiger partial charge in [-0.05, 0) is 54.4 Å². The fraction of sp³-hybridized carbons (Fsp3) is 0.286. The third-order valence-electron chi connectivity index (χ3n) is 4.89.